The minimum Gasteiger partial charge on any atom is -0.444 e. The first kappa shape index (κ1) is 19.6. The van der Waals surface area contributed by atoms with Crippen LogP contribution in [0.4, 0.5) is 4.79 Å². The number of thioether (sulfide) groups is 1. The largest absolute Gasteiger partial charge is 0.444 e. The maximum atomic E-state index is 12.7. The van der Waals surface area contributed by atoms with E-state index in [2.05, 4.69) is 6.26 Å². The van der Waals surface area contributed by atoms with Crippen LogP contribution in [0.5, 0.6) is 0 Å². The molecule has 1 aliphatic heterocycles. The SMILES string of the molecule is CSCc1ccc(C(=O)N2CCCN(C(=O)OC(C)(C)C)CC2)cc1. The fourth-order valence-corrected chi connectivity index (χ4v) is 3.25. The molecular formula is C19H28N2O3S. The highest BCUT2D eigenvalue weighted by molar-refractivity contribution is 7.97. The zero-order valence-corrected chi connectivity index (χ0v) is 16.4. The summed E-state index contributed by atoms with van der Waals surface area (Å²) in [5.41, 5.74) is 1.42. The average molecular weight is 365 g/mol. The Kier molecular flexibility index (Phi) is 6.76. The molecule has 1 saturated heterocycles. The molecule has 138 valence electrons. The minimum absolute atomic E-state index is 0.0294. The van der Waals surface area contributed by atoms with Crippen molar-refractivity contribution in [1.82, 2.24) is 9.80 Å². The molecule has 0 aliphatic carbocycles. The Morgan fingerprint density at radius 1 is 1.04 bits per heavy atom. The number of hydrogen-bond donors (Lipinski definition) is 0. The molecule has 6 heteroatoms. The molecule has 2 amide bonds. The second kappa shape index (κ2) is 8.61. The lowest BCUT2D eigenvalue weighted by Crippen LogP contribution is -2.40. The summed E-state index contributed by atoms with van der Waals surface area (Å²) < 4.78 is 5.43. The molecule has 2 rings (SSSR count). The fourth-order valence-electron chi connectivity index (χ4n) is 2.72. The van der Waals surface area contributed by atoms with E-state index in [1.807, 2.05) is 49.9 Å². The zero-order valence-electron chi connectivity index (χ0n) is 15.6. The van der Waals surface area contributed by atoms with Gasteiger partial charge in [-0.1, -0.05) is 12.1 Å². The van der Waals surface area contributed by atoms with Crippen LogP contribution in [-0.4, -0.2) is 59.8 Å². The van der Waals surface area contributed by atoms with Crippen molar-refractivity contribution < 1.29 is 14.3 Å². The first-order chi connectivity index (χ1) is 11.8. The fraction of sp³-hybridized carbons (Fsp3) is 0.579. The Labute approximate surface area is 154 Å². The lowest BCUT2D eigenvalue weighted by Gasteiger charge is -2.26. The van der Waals surface area contributed by atoms with Gasteiger partial charge in [-0.3, -0.25) is 4.79 Å². The quantitative estimate of drug-likeness (QED) is 0.822. The maximum Gasteiger partial charge on any atom is 0.410 e. The zero-order chi connectivity index (χ0) is 18.4. The second-order valence-corrected chi connectivity index (χ2v) is 8.11. The van der Waals surface area contributed by atoms with Gasteiger partial charge in [0.15, 0.2) is 0 Å². The lowest BCUT2D eigenvalue weighted by molar-refractivity contribution is 0.0255. The molecule has 1 aliphatic rings. The Hall–Kier alpha value is -1.69. The van der Waals surface area contributed by atoms with Crippen LogP contribution in [0.25, 0.3) is 0 Å². The number of amides is 2. The Balaban J connectivity index is 1.95. The van der Waals surface area contributed by atoms with Gasteiger partial charge >= 0.3 is 6.09 Å². The monoisotopic (exact) mass is 364 g/mol. The van der Waals surface area contributed by atoms with Gasteiger partial charge in [-0.05, 0) is 51.1 Å². The van der Waals surface area contributed by atoms with Crippen LogP contribution in [0, 0.1) is 0 Å². The molecule has 0 saturated carbocycles. The molecule has 0 spiro atoms. The molecule has 0 N–H and O–H groups in total. The molecule has 25 heavy (non-hydrogen) atoms. The van der Waals surface area contributed by atoms with Gasteiger partial charge in [0.05, 0.1) is 0 Å². The van der Waals surface area contributed by atoms with Gasteiger partial charge in [0.2, 0.25) is 0 Å². The van der Waals surface area contributed by atoms with Crippen LogP contribution in [0.15, 0.2) is 24.3 Å². The van der Waals surface area contributed by atoms with Crippen molar-refractivity contribution in [2.45, 2.75) is 38.5 Å². The van der Waals surface area contributed by atoms with Crippen molar-refractivity contribution in [2.24, 2.45) is 0 Å². The Bertz CT molecular complexity index is 596. The van der Waals surface area contributed by atoms with E-state index in [0.717, 1.165) is 12.2 Å². The van der Waals surface area contributed by atoms with Gasteiger partial charge in [0.25, 0.3) is 5.91 Å². The van der Waals surface area contributed by atoms with Gasteiger partial charge in [-0.2, -0.15) is 11.8 Å². The highest BCUT2D eigenvalue weighted by Gasteiger charge is 2.26. The van der Waals surface area contributed by atoms with Crippen molar-refractivity contribution in [3.05, 3.63) is 35.4 Å². The van der Waals surface area contributed by atoms with Crippen LogP contribution in [-0.2, 0) is 10.5 Å². The van der Waals surface area contributed by atoms with Crippen LogP contribution >= 0.6 is 11.8 Å². The van der Waals surface area contributed by atoms with Crippen molar-refractivity contribution >= 4 is 23.8 Å². The number of hydrogen-bond acceptors (Lipinski definition) is 4. The normalized spacial score (nSPS) is 15.7. The van der Waals surface area contributed by atoms with E-state index in [-0.39, 0.29) is 12.0 Å². The first-order valence-corrected chi connectivity index (χ1v) is 10.0. The first-order valence-electron chi connectivity index (χ1n) is 8.65. The molecule has 0 radical (unpaired) electrons. The van der Waals surface area contributed by atoms with Gasteiger partial charge in [0.1, 0.15) is 5.60 Å². The topological polar surface area (TPSA) is 49.9 Å². The van der Waals surface area contributed by atoms with E-state index in [4.69, 9.17) is 4.74 Å². The third-order valence-electron chi connectivity index (χ3n) is 3.95. The number of rotatable bonds is 3. The summed E-state index contributed by atoms with van der Waals surface area (Å²) in [7, 11) is 0. The van der Waals surface area contributed by atoms with E-state index >= 15 is 0 Å². The van der Waals surface area contributed by atoms with Crippen LogP contribution < -0.4 is 0 Å². The summed E-state index contributed by atoms with van der Waals surface area (Å²) in [6, 6.07) is 7.80. The van der Waals surface area contributed by atoms with Crippen molar-refractivity contribution in [3.63, 3.8) is 0 Å². The summed E-state index contributed by atoms with van der Waals surface area (Å²) in [5, 5.41) is 0. The van der Waals surface area contributed by atoms with Gasteiger partial charge in [-0.15, -0.1) is 0 Å². The molecule has 0 bridgehead atoms. The average Bonchev–Trinajstić information content (AvgIpc) is 2.80. The predicted molar refractivity (Wildman–Crippen MR) is 102 cm³/mol. The second-order valence-electron chi connectivity index (χ2n) is 7.24. The van der Waals surface area contributed by atoms with E-state index in [9.17, 15) is 9.59 Å². The smallest absolute Gasteiger partial charge is 0.410 e. The summed E-state index contributed by atoms with van der Waals surface area (Å²) in [5.74, 6) is 0.977. The van der Waals surface area contributed by atoms with Crippen LogP contribution in [0.3, 0.4) is 0 Å². The summed E-state index contributed by atoms with van der Waals surface area (Å²) in [6.07, 6.45) is 2.52. The van der Waals surface area contributed by atoms with Gasteiger partial charge < -0.3 is 14.5 Å². The number of benzene rings is 1. The number of nitrogens with zero attached hydrogens (tertiary/aromatic N) is 2. The van der Waals surface area contributed by atoms with Gasteiger partial charge in [-0.25, -0.2) is 4.79 Å². The van der Waals surface area contributed by atoms with Crippen molar-refractivity contribution in [2.75, 3.05) is 32.4 Å². The number of ether oxygens (including phenoxy) is 1. The van der Waals surface area contributed by atoms with E-state index in [0.29, 0.717) is 31.7 Å². The molecule has 0 unspecified atom stereocenters. The Morgan fingerprint density at radius 2 is 1.64 bits per heavy atom. The molecular weight excluding hydrogens is 336 g/mol. The van der Waals surface area contributed by atoms with Crippen LogP contribution in [0.1, 0.15) is 43.1 Å². The van der Waals surface area contributed by atoms with Crippen molar-refractivity contribution in [1.29, 1.82) is 0 Å². The third kappa shape index (κ3) is 5.96. The van der Waals surface area contributed by atoms with Crippen LogP contribution in [0.2, 0.25) is 0 Å². The summed E-state index contributed by atoms with van der Waals surface area (Å²) >= 11 is 1.76. The molecule has 1 heterocycles. The minimum atomic E-state index is -0.503. The van der Waals surface area contributed by atoms with E-state index < -0.39 is 5.60 Å². The Morgan fingerprint density at radius 3 is 2.24 bits per heavy atom. The van der Waals surface area contributed by atoms with E-state index in [1.54, 1.807) is 16.7 Å². The molecule has 0 atom stereocenters. The molecule has 0 aromatic heterocycles. The van der Waals surface area contributed by atoms with Gasteiger partial charge in [0, 0.05) is 37.5 Å². The van der Waals surface area contributed by atoms with E-state index in [1.165, 1.54) is 5.56 Å². The number of carbonyl (C=O) groups is 2. The standard InChI is InChI=1S/C19H28N2O3S/c1-19(2,3)24-18(23)21-11-5-10-20(12-13-21)17(22)16-8-6-15(7-9-16)14-25-4/h6-9H,5,10-14H2,1-4H3. The highest BCUT2D eigenvalue weighted by atomic mass is 32.2. The summed E-state index contributed by atoms with van der Waals surface area (Å²) in [6.45, 7) is 7.89. The molecule has 1 aromatic carbocycles. The number of carbonyl (C=O) groups excluding carboxylic acids is 2. The molecule has 1 aromatic rings. The third-order valence-corrected chi connectivity index (χ3v) is 4.57. The molecule has 1 fully saturated rings. The highest BCUT2D eigenvalue weighted by Crippen LogP contribution is 2.15. The maximum absolute atomic E-state index is 12.7. The lowest BCUT2D eigenvalue weighted by atomic mass is 10.1. The van der Waals surface area contributed by atoms with Crippen molar-refractivity contribution in [3.8, 4) is 0 Å². The predicted octanol–water partition coefficient (Wildman–Crippen LogP) is 3.63. The molecule has 5 nitrogen and oxygen atoms in total. The summed E-state index contributed by atoms with van der Waals surface area (Å²) in [4.78, 5) is 28.4.